The molecule has 0 N–H and O–H groups in total. The quantitative estimate of drug-likeness (QED) is 0.307. The fourth-order valence-corrected chi connectivity index (χ4v) is 5.20. The lowest BCUT2D eigenvalue weighted by Gasteiger charge is -2.14. The summed E-state index contributed by atoms with van der Waals surface area (Å²) in [7, 11) is 8.20. The van der Waals surface area contributed by atoms with Gasteiger partial charge in [0.2, 0.25) is 5.75 Å². The van der Waals surface area contributed by atoms with Gasteiger partial charge in [-0.1, -0.05) is 10.3 Å². The number of ether oxygens (including phenoxy) is 4. The zero-order valence-electron chi connectivity index (χ0n) is 16.0. The predicted octanol–water partition coefficient (Wildman–Crippen LogP) is 4.45. The number of hydrogen-bond acceptors (Lipinski definition) is 9. The van der Waals surface area contributed by atoms with E-state index in [1.165, 1.54) is 50.9 Å². The molecule has 0 aliphatic rings. The maximum atomic E-state index is 12.6. The van der Waals surface area contributed by atoms with E-state index in [1.807, 2.05) is 0 Å². The van der Waals surface area contributed by atoms with Crippen molar-refractivity contribution in [3.05, 3.63) is 50.0 Å². The second kappa shape index (κ2) is 8.50. The largest absolute Gasteiger partial charge is 0.493 e. The summed E-state index contributed by atoms with van der Waals surface area (Å²) in [6.45, 7) is 0. The molecule has 0 radical (unpaired) electrons. The molecule has 2 aromatic carbocycles. The summed E-state index contributed by atoms with van der Waals surface area (Å²) in [5.74, 6) is 1.45. The number of nitro groups is 1. The number of benzene rings is 2. The first kappa shape index (κ1) is 20.6. The van der Waals surface area contributed by atoms with Crippen molar-refractivity contribution in [1.82, 2.24) is 0 Å². The van der Waals surface area contributed by atoms with Gasteiger partial charge in [0.05, 0.1) is 43.8 Å². The summed E-state index contributed by atoms with van der Waals surface area (Å²) in [6.07, 6.45) is 0. The van der Waals surface area contributed by atoms with Crippen LogP contribution in [0.1, 0.15) is 0 Å². The van der Waals surface area contributed by atoms with Crippen molar-refractivity contribution >= 4 is 26.4 Å². The first-order valence-corrected chi connectivity index (χ1v) is 10.4. The molecule has 3 rings (SSSR count). The molecule has 1 heterocycles. The molecule has 29 heavy (non-hydrogen) atoms. The summed E-state index contributed by atoms with van der Waals surface area (Å²) in [4.78, 5) is 24.1. The molecule has 152 valence electrons. The molecule has 3 aromatic rings. The van der Waals surface area contributed by atoms with E-state index in [0.717, 1.165) is 10.3 Å². The fraction of sp³-hybridized carbons (Fsp3) is 0.211. The zero-order chi connectivity index (χ0) is 21.1. The van der Waals surface area contributed by atoms with E-state index in [1.54, 1.807) is 18.2 Å². The van der Waals surface area contributed by atoms with Crippen LogP contribution in [0.25, 0.3) is 21.6 Å². The van der Waals surface area contributed by atoms with Crippen LogP contribution in [0.4, 0.5) is 5.69 Å². The Morgan fingerprint density at radius 1 is 0.828 bits per heavy atom. The van der Waals surface area contributed by atoms with Gasteiger partial charge in [-0.2, -0.15) is 0 Å². The van der Waals surface area contributed by atoms with E-state index in [2.05, 4.69) is 0 Å². The highest BCUT2D eigenvalue weighted by molar-refractivity contribution is 7.70. The van der Waals surface area contributed by atoms with Crippen LogP contribution in [0.15, 0.2) is 35.1 Å². The van der Waals surface area contributed by atoms with Gasteiger partial charge in [0.15, 0.2) is 17.2 Å². The summed E-state index contributed by atoms with van der Waals surface area (Å²) in [5, 5.41) is 11.4. The molecule has 0 unspecified atom stereocenters. The van der Waals surface area contributed by atoms with E-state index in [0.29, 0.717) is 38.8 Å². The second-order valence-electron chi connectivity index (χ2n) is 5.72. The molecule has 0 spiro atoms. The smallest absolute Gasteiger partial charge is 0.311 e. The Morgan fingerprint density at radius 2 is 1.45 bits per heavy atom. The molecule has 0 aliphatic heterocycles. The molecular formula is C19H17NO7S2. The molecular weight excluding hydrogens is 418 g/mol. The molecule has 1 aromatic heterocycles. The zero-order valence-corrected chi connectivity index (χ0v) is 17.6. The van der Waals surface area contributed by atoms with Crippen molar-refractivity contribution in [3.63, 3.8) is 0 Å². The van der Waals surface area contributed by atoms with Gasteiger partial charge in [-0.25, -0.2) is 0 Å². The maximum Gasteiger partial charge on any atom is 0.311 e. The Balaban J connectivity index is 2.24. The van der Waals surface area contributed by atoms with E-state index >= 15 is 0 Å². The van der Waals surface area contributed by atoms with Gasteiger partial charge in [-0.05, 0) is 40.2 Å². The van der Waals surface area contributed by atoms with E-state index in [9.17, 15) is 14.9 Å². The molecule has 8 nitrogen and oxygen atoms in total. The first-order chi connectivity index (χ1) is 13.9. The summed E-state index contributed by atoms with van der Waals surface area (Å²) < 4.78 is 21.0. The van der Waals surface area contributed by atoms with Crippen molar-refractivity contribution in [2.24, 2.45) is 0 Å². The van der Waals surface area contributed by atoms with Crippen LogP contribution in [-0.4, -0.2) is 33.4 Å². The third kappa shape index (κ3) is 3.76. The van der Waals surface area contributed by atoms with Crippen LogP contribution in [0.2, 0.25) is 0 Å². The molecule has 0 aliphatic carbocycles. The standard InChI is InChI=1S/C19H17NO7S2/c1-24-13-6-5-10(7-12(13)20(22)23)16-18(28-29-19(16)21)11-8-14(25-2)17(27-4)15(9-11)26-3/h5-9H,1-4H3. The molecule has 0 atom stereocenters. The van der Waals surface area contributed by atoms with Gasteiger partial charge in [-0.3, -0.25) is 14.9 Å². The van der Waals surface area contributed by atoms with Crippen LogP contribution < -0.4 is 23.7 Å². The molecule has 0 fully saturated rings. The predicted molar refractivity (Wildman–Crippen MR) is 112 cm³/mol. The lowest BCUT2D eigenvalue weighted by molar-refractivity contribution is -0.385. The maximum absolute atomic E-state index is 12.6. The third-order valence-corrected chi connectivity index (χ3v) is 6.47. The average Bonchev–Trinajstić information content (AvgIpc) is 3.13. The van der Waals surface area contributed by atoms with Crippen molar-refractivity contribution in [3.8, 4) is 44.6 Å². The normalized spacial score (nSPS) is 10.5. The van der Waals surface area contributed by atoms with Gasteiger partial charge in [0.1, 0.15) is 0 Å². The van der Waals surface area contributed by atoms with Crippen molar-refractivity contribution < 1.29 is 23.9 Å². The first-order valence-electron chi connectivity index (χ1n) is 8.21. The highest BCUT2D eigenvalue weighted by Crippen LogP contribution is 2.45. The summed E-state index contributed by atoms with van der Waals surface area (Å²) in [6, 6.07) is 7.93. The SMILES string of the molecule is COc1ccc(-c2c(-c3cc(OC)c(OC)c(OC)c3)ssc2=O)cc1[N+](=O)[O-]. The molecule has 10 heteroatoms. The third-order valence-electron chi connectivity index (χ3n) is 4.22. The molecule has 0 bridgehead atoms. The monoisotopic (exact) mass is 435 g/mol. The highest BCUT2D eigenvalue weighted by Gasteiger charge is 2.23. The average molecular weight is 435 g/mol. The Labute approximate surface area is 173 Å². The van der Waals surface area contributed by atoms with Crippen LogP contribution in [0.5, 0.6) is 23.0 Å². The lowest BCUT2D eigenvalue weighted by Crippen LogP contribution is -1.99. The van der Waals surface area contributed by atoms with E-state index < -0.39 is 4.92 Å². The number of methoxy groups -OCH3 is 4. The second-order valence-corrected chi connectivity index (χ2v) is 7.83. The number of hydrogen-bond donors (Lipinski definition) is 0. The minimum atomic E-state index is -0.540. The van der Waals surface area contributed by atoms with Crippen LogP contribution in [0.3, 0.4) is 0 Å². The Kier molecular flexibility index (Phi) is 6.04. The van der Waals surface area contributed by atoms with Crippen molar-refractivity contribution in [2.45, 2.75) is 0 Å². The van der Waals surface area contributed by atoms with Gasteiger partial charge in [0, 0.05) is 11.6 Å². The Bertz CT molecular complexity index is 1090. The Hall–Kier alpha value is -3.11. The highest BCUT2D eigenvalue weighted by atomic mass is 32.9. The van der Waals surface area contributed by atoms with Crippen molar-refractivity contribution in [1.29, 1.82) is 0 Å². The van der Waals surface area contributed by atoms with Crippen molar-refractivity contribution in [2.75, 3.05) is 28.4 Å². The van der Waals surface area contributed by atoms with Gasteiger partial charge >= 0.3 is 5.69 Å². The van der Waals surface area contributed by atoms with Gasteiger partial charge in [0.25, 0.3) is 4.74 Å². The summed E-state index contributed by atoms with van der Waals surface area (Å²) in [5.41, 5.74) is 1.27. The topological polar surface area (TPSA) is 97.1 Å². The Morgan fingerprint density at radius 3 is 1.97 bits per heavy atom. The van der Waals surface area contributed by atoms with Crippen LogP contribution >= 0.6 is 20.7 Å². The molecule has 0 saturated carbocycles. The molecule has 0 amide bonds. The minimum Gasteiger partial charge on any atom is -0.493 e. The van der Waals surface area contributed by atoms with Crippen LogP contribution in [0, 0.1) is 10.1 Å². The molecule has 0 saturated heterocycles. The summed E-state index contributed by atoms with van der Waals surface area (Å²) >= 11 is 0. The van der Waals surface area contributed by atoms with Gasteiger partial charge < -0.3 is 18.9 Å². The fourth-order valence-electron chi connectivity index (χ4n) is 2.90. The van der Waals surface area contributed by atoms with E-state index in [4.69, 9.17) is 18.9 Å². The van der Waals surface area contributed by atoms with Gasteiger partial charge in [-0.15, -0.1) is 0 Å². The lowest BCUT2D eigenvalue weighted by atomic mass is 10.0. The van der Waals surface area contributed by atoms with E-state index in [-0.39, 0.29) is 16.2 Å². The number of nitro benzene ring substituents is 1. The minimum absolute atomic E-state index is 0.124. The number of nitrogens with zero attached hydrogens (tertiary/aromatic N) is 1. The number of rotatable bonds is 7. The van der Waals surface area contributed by atoms with Crippen LogP contribution in [-0.2, 0) is 0 Å².